The van der Waals surface area contributed by atoms with E-state index in [1.54, 1.807) is 24.3 Å². The molecule has 4 aromatic rings. The number of anilines is 3. The van der Waals surface area contributed by atoms with Crippen molar-refractivity contribution in [3.63, 3.8) is 0 Å². The quantitative estimate of drug-likeness (QED) is 0.328. The van der Waals surface area contributed by atoms with E-state index in [2.05, 4.69) is 5.32 Å². The summed E-state index contributed by atoms with van der Waals surface area (Å²) in [5, 5.41) is 14.1. The number of amides is 1. The molecule has 3 aromatic carbocycles. The summed E-state index contributed by atoms with van der Waals surface area (Å²) in [4.78, 5) is 27.9. The molecular formula is C29H24N2O4. The normalized spacial score (nSPS) is 15.5. The summed E-state index contributed by atoms with van der Waals surface area (Å²) in [6, 6.07) is 29.2. The Bertz CT molecular complexity index is 1350. The molecule has 0 fully saturated rings. The standard InChI is InChI=1S/C29H24N2O4/c32-24(18-13-20-8-3-1-4-9-20)26-27(25-12-7-19-35-25)31(29(34)28(26)33)23-16-14-22(15-17-23)30-21-10-5-2-6-11-21/h1-12,14-17,19,27,30,33H,13,18H2. The number of rotatable bonds is 8. The molecule has 174 valence electrons. The van der Waals surface area contributed by atoms with Crippen molar-refractivity contribution in [3.05, 3.63) is 126 Å². The zero-order chi connectivity index (χ0) is 24.2. The van der Waals surface area contributed by atoms with Crippen LogP contribution in [0.2, 0.25) is 0 Å². The number of hydrogen-bond acceptors (Lipinski definition) is 5. The molecule has 0 spiro atoms. The average Bonchev–Trinajstić information content (AvgIpc) is 3.51. The summed E-state index contributed by atoms with van der Waals surface area (Å²) in [5.41, 5.74) is 3.41. The predicted molar refractivity (Wildman–Crippen MR) is 135 cm³/mol. The summed E-state index contributed by atoms with van der Waals surface area (Å²) in [5.74, 6) is -1.03. The Balaban J connectivity index is 1.42. The minimum Gasteiger partial charge on any atom is -0.503 e. The second-order valence-corrected chi connectivity index (χ2v) is 8.30. The van der Waals surface area contributed by atoms with Gasteiger partial charge in [0.2, 0.25) is 0 Å². The summed E-state index contributed by atoms with van der Waals surface area (Å²) in [6.45, 7) is 0. The van der Waals surface area contributed by atoms with E-state index in [-0.39, 0.29) is 17.8 Å². The number of carbonyl (C=O) groups is 2. The Morgan fingerprint density at radius 3 is 2.17 bits per heavy atom. The molecule has 1 aliphatic rings. The lowest BCUT2D eigenvalue weighted by molar-refractivity contribution is -0.118. The molecule has 1 unspecified atom stereocenters. The van der Waals surface area contributed by atoms with E-state index < -0.39 is 17.7 Å². The molecule has 0 aliphatic carbocycles. The molecule has 1 amide bonds. The number of aliphatic hydroxyl groups is 1. The molecule has 6 heteroatoms. The maximum Gasteiger partial charge on any atom is 0.294 e. The largest absolute Gasteiger partial charge is 0.503 e. The smallest absolute Gasteiger partial charge is 0.294 e. The number of ketones is 1. The highest BCUT2D eigenvalue weighted by Gasteiger charge is 2.45. The fraction of sp³-hybridized carbons (Fsp3) is 0.103. The maximum absolute atomic E-state index is 13.3. The van der Waals surface area contributed by atoms with Crippen molar-refractivity contribution in [3.8, 4) is 0 Å². The number of hydrogen-bond donors (Lipinski definition) is 2. The molecule has 1 atom stereocenters. The van der Waals surface area contributed by atoms with Crippen LogP contribution < -0.4 is 10.2 Å². The van der Waals surface area contributed by atoms with Gasteiger partial charge in [-0.3, -0.25) is 14.5 Å². The number of Topliss-reactive ketones (excluding diaryl/α,β-unsaturated/α-hetero) is 1. The highest BCUT2D eigenvalue weighted by atomic mass is 16.3. The van der Waals surface area contributed by atoms with E-state index in [9.17, 15) is 14.7 Å². The van der Waals surface area contributed by atoms with Gasteiger partial charge >= 0.3 is 0 Å². The second kappa shape index (κ2) is 9.73. The van der Waals surface area contributed by atoms with Crippen molar-refractivity contribution in [2.45, 2.75) is 18.9 Å². The van der Waals surface area contributed by atoms with E-state index in [1.807, 2.05) is 72.8 Å². The van der Waals surface area contributed by atoms with Crippen LogP contribution in [0.15, 0.2) is 119 Å². The van der Waals surface area contributed by atoms with Gasteiger partial charge in [0.15, 0.2) is 11.5 Å². The van der Waals surface area contributed by atoms with E-state index in [1.165, 1.54) is 11.2 Å². The Kier molecular flexibility index (Phi) is 6.18. The number of carbonyl (C=O) groups excluding carboxylic acids is 2. The summed E-state index contributed by atoms with van der Waals surface area (Å²) in [6.07, 6.45) is 2.17. The Morgan fingerprint density at radius 2 is 1.51 bits per heavy atom. The highest BCUT2D eigenvalue weighted by Crippen LogP contribution is 2.42. The molecule has 1 aliphatic heterocycles. The van der Waals surface area contributed by atoms with Gasteiger partial charge in [0.1, 0.15) is 11.8 Å². The third-order valence-electron chi connectivity index (χ3n) is 6.01. The van der Waals surface area contributed by atoms with Gasteiger partial charge in [0, 0.05) is 23.5 Å². The van der Waals surface area contributed by atoms with Crippen molar-refractivity contribution in [2.75, 3.05) is 10.2 Å². The van der Waals surface area contributed by atoms with Crippen LogP contribution in [0.5, 0.6) is 0 Å². The molecule has 0 radical (unpaired) electrons. The molecule has 6 nitrogen and oxygen atoms in total. The first-order valence-electron chi connectivity index (χ1n) is 11.4. The molecule has 2 N–H and O–H groups in total. The minimum absolute atomic E-state index is 0.0624. The lowest BCUT2D eigenvalue weighted by atomic mass is 9.96. The predicted octanol–water partition coefficient (Wildman–Crippen LogP) is 6.13. The van der Waals surface area contributed by atoms with E-state index in [4.69, 9.17) is 4.42 Å². The molecule has 0 saturated heterocycles. The number of para-hydroxylation sites is 1. The van der Waals surface area contributed by atoms with Crippen molar-refractivity contribution < 1.29 is 19.1 Å². The number of nitrogens with one attached hydrogen (secondary N) is 1. The third kappa shape index (κ3) is 4.59. The van der Waals surface area contributed by atoms with Crippen molar-refractivity contribution in [1.82, 2.24) is 0 Å². The summed E-state index contributed by atoms with van der Waals surface area (Å²) in [7, 11) is 0. The summed E-state index contributed by atoms with van der Waals surface area (Å²) < 4.78 is 5.61. The molecule has 35 heavy (non-hydrogen) atoms. The number of benzene rings is 3. The molecule has 0 bridgehead atoms. The monoisotopic (exact) mass is 464 g/mol. The van der Waals surface area contributed by atoms with Crippen LogP contribution >= 0.6 is 0 Å². The summed E-state index contributed by atoms with van der Waals surface area (Å²) >= 11 is 0. The lowest BCUT2D eigenvalue weighted by Crippen LogP contribution is -2.30. The van der Waals surface area contributed by atoms with E-state index >= 15 is 0 Å². The van der Waals surface area contributed by atoms with E-state index in [0.29, 0.717) is 17.9 Å². The first-order valence-corrected chi connectivity index (χ1v) is 11.4. The van der Waals surface area contributed by atoms with Crippen molar-refractivity contribution in [2.24, 2.45) is 0 Å². The van der Waals surface area contributed by atoms with Gasteiger partial charge < -0.3 is 14.8 Å². The fourth-order valence-corrected chi connectivity index (χ4v) is 4.30. The molecule has 0 saturated carbocycles. The van der Waals surface area contributed by atoms with Gasteiger partial charge in [-0.25, -0.2) is 0 Å². The van der Waals surface area contributed by atoms with Crippen LogP contribution in [0.3, 0.4) is 0 Å². The van der Waals surface area contributed by atoms with Crippen LogP contribution in [-0.4, -0.2) is 16.8 Å². The maximum atomic E-state index is 13.3. The minimum atomic E-state index is -0.839. The molecule has 5 rings (SSSR count). The van der Waals surface area contributed by atoms with Crippen molar-refractivity contribution >= 4 is 28.8 Å². The van der Waals surface area contributed by atoms with Gasteiger partial charge in [-0.2, -0.15) is 0 Å². The molecule has 1 aromatic heterocycles. The van der Waals surface area contributed by atoms with Gasteiger partial charge in [-0.05, 0) is 60.5 Å². The molecule has 2 heterocycles. The Morgan fingerprint density at radius 1 is 0.857 bits per heavy atom. The van der Waals surface area contributed by atoms with Gasteiger partial charge in [0.05, 0.1) is 11.8 Å². The first-order chi connectivity index (χ1) is 17.1. The Hall–Kier alpha value is -4.58. The molecular weight excluding hydrogens is 440 g/mol. The zero-order valence-electron chi connectivity index (χ0n) is 18.9. The van der Waals surface area contributed by atoms with Gasteiger partial charge in [-0.15, -0.1) is 0 Å². The van der Waals surface area contributed by atoms with Crippen LogP contribution in [0.4, 0.5) is 17.1 Å². The number of nitrogens with zero attached hydrogens (tertiary/aromatic N) is 1. The van der Waals surface area contributed by atoms with E-state index in [0.717, 1.165) is 16.9 Å². The van der Waals surface area contributed by atoms with Crippen LogP contribution in [0.1, 0.15) is 23.8 Å². The van der Waals surface area contributed by atoms with Crippen LogP contribution in [0, 0.1) is 0 Å². The highest BCUT2D eigenvalue weighted by molar-refractivity contribution is 6.16. The SMILES string of the molecule is O=C(CCc1ccccc1)C1=C(O)C(=O)N(c2ccc(Nc3ccccc3)cc2)C1c1ccco1. The number of aliphatic hydroxyl groups excluding tert-OH is 1. The van der Waals surface area contributed by atoms with Gasteiger partial charge in [0.25, 0.3) is 5.91 Å². The topological polar surface area (TPSA) is 82.8 Å². The number of aryl methyl sites for hydroxylation is 1. The van der Waals surface area contributed by atoms with Crippen LogP contribution in [-0.2, 0) is 16.0 Å². The number of furan rings is 1. The van der Waals surface area contributed by atoms with Crippen LogP contribution in [0.25, 0.3) is 0 Å². The third-order valence-corrected chi connectivity index (χ3v) is 6.01. The first kappa shape index (κ1) is 22.2. The fourth-order valence-electron chi connectivity index (χ4n) is 4.30. The lowest BCUT2D eigenvalue weighted by Gasteiger charge is -2.25. The second-order valence-electron chi connectivity index (χ2n) is 8.30. The zero-order valence-corrected chi connectivity index (χ0v) is 18.9. The van der Waals surface area contributed by atoms with Gasteiger partial charge in [-0.1, -0.05) is 48.5 Å². The average molecular weight is 465 g/mol. The van der Waals surface area contributed by atoms with Crippen molar-refractivity contribution in [1.29, 1.82) is 0 Å². The Labute approximate surface area is 203 Å².